The van der Waals surface area contributed by atoms with Gasteiger partial charge in [-0.1, -0.05) is 11.6 Å². The van der Waals surface area contributed by atoms with E-state index in [0.29, 0.717) is 22.9 Å². The molecule has 6 heteroatoms. The summed E-state index contributed by atoms with van der Waals surface area (Å²) in [5.74, 6) is -1.19. The third-order valence-electron chi connectivity index (χ3n) is 2.88. The summed E-state index contributed by atoms with van der Waals surface area (Å²) in [5, 5.41) is 13.9. The maximum Gasteiger partial charge on any atom is 0.255 e. The van der Waals surface area contributed by atoms with Crippen molar-refractivity contribution < 1.29 is 19.4 Å². The molecule has 0 heterocycles. The van der Waals surface area contributed by atoms with E-state index >= 15 is 0 Å². The summed E-state index contributed by atoms with van der Waals surface area (Å²) in [6, 6.07) is 10.6. The third kappa shape index (κ3) is 3.77. The van der Waals surface area contributed by atoms with Crippen molar-refractivity contribution in [1.29, 1.82) is 0 Å². The van der Waals surface area contributed by atoms with Crippen LogP contribution >= 0.6 is 11.6 Å². The van der Waals surface area contributed by atoms with Crippen LogP contribution in [-0.4, -0.2) is 18.5 Å². The predicted molar refractivity (Wildman–Crippen MR) is 81.3 cm³/mol. The second-order valence-corrected chi connectivity index (χ2v) is 4.83. The molecule has 0 aliphatic rings. The van der Waals surface area contributed by atoms with Gasteiger partial charge >= 0.3 is 0 Å². The molecule has 0 atom stereocenters. The minimum Gasteiger partial charge on any atom is -0.545 e. The SMILES string of the molecule is CCOc1ccc(C(=O)Nc2cc(Cl)ccc2C(=O)[O-])cc1. The quantitative estimate of drug-likeness (QED) is 0.918. The summed E-state index contributed by atoms with van der Waals surface area (Å²) >= 11 is 5.83. The number of carboxylic acids is 1. The summed E-state index contributed by atoms with van der Waals surface area (Å²) in [6.45, 7) is 2.39. The number of aromatic carboxylic acids is 1. The number of hydrogen-bond acceptors (Lipinski definition) is 4. The van der Waals surface area contributed by atoms with E-state index in [2.05, 4.69) is 5.32 Å². The van der Waals surface area contributed by atoms with Gasteiger partial charge < -0.3 is 20.0 Å². The minimum atomic E-state index is -1.39. The van der Waals surface area contributed by atoms with E-state index in [1.165, 1.54) is 18.2 Å². The second-order valence-electron chi connectivity index (χ2n) is 4.39. The largest absolute Gasteiger partial charge is 0.545 e. The first kappa shape index (κ1) is 15.9. The second kappa shape index (κ2) is 6.95. The van der Waals surface area contributed by atoms with Crippen LogP contribution in [0.2, 0.25) is 5.02 Å². The number of carboxylic acid groups (broad SMARTS) is 1. The highest BCUT2D eigenvalue weighted by Gasteiger charge is 2.10. The molecule has 0 saturated carbocycles. The van der Waals surface area contributed by atoms with Gasteiger partial charge in [0.25, 0.3) is 5.91 Å². The molecule has 0 spiro atoms. The molecule has 1 amide bonds. The molecule has 2 rings (SSSR count). The summed E-state index contributed by atoms with van der Waals surface area (Å²) in [5.41, 5.74) is 0.322. The van der Waals surface area contributed by atoms with E-state index in [9.17, 15) is 14.7 Å². The van der Waals surface area contributed by atoms with Gasteiger partial charge in [0.2, 0.25) is 0 Å². The molecule has 1 N–H and O–H groups in total. The van der Waals surface area contributed by atoms with E-state index in [1.807, 2.05) is 6.92 Å². The van der Waals surface area contributed by atoms with Crippen LogP contribution < -0.4 is 15.2 Å². The fraction of sp³-hybridized carbons (Fsp3) is 0.125. The van der Waals surface area contributed by atoms with Crippen LogP contribution in [0.1, 0.15) is 27.6 Å². The van der Waals surface area contributed by atoms with Crippen molar-refractivity contribution in [2.75, 3.05) is 11.9 Å². The molecule has 2 aromatic carbocycles. The third-order valence-corrected chi connectivity index (χ3v) is 3.11. The van der Waals surface area contributed by atoms with E-state index in [1.54, 1.807) is 24.3 Å². The van der Waals surface area contributed by atoms with Crippen LogP contribution in [0.25, 0.3) is 0 Å². The van der Waals surface area contributed by atoms with Gasteiger partial charge in [-0.05, 0) is 49.4 Å². The number of nitrogens with one attached hydrogen (secondary N) is 1. The predicted octanol–water partition coefficient (Wildman–Crippen LogP) is 2.35. The van der Waals surface area contributed by atoms with Crippen LogP contribution in [0.5, 0.6) is 5.75 Å². The lowest BCUT2D eigenvalue weighted by molar-refractivity contribution is -0.254. The number of benzene rings is 2. The molecule has 0 saturated heterocycles. The molecular weight excluding hydrogens is 306 g/mol. The number of carbonyl (C=O) groups excluding carboxylic acids is 2. The lowest BCUT2D eigenvalue weighted by Crippen LogP contribution is -2.24. The molecule has 0 bridgehead atoms. The van der Waals surface area contributed by atoms with Crippen molar-refractivity contribution in [1.82, 2.24) is 0 Å². The average molecular weight is 319 g/mol. The van der Waals surface area contributed by atoms with E-state index in [4.69, 9.17) is 16.3 Å². The molecule has 0 radical (unpaired) electrons. The van der Waals surface area contributed by atoms with Crippen molar-refractivity contribution in [3.63, 3.8) is 0 Å². The Hall–Kier alpha value is -2.53. The lowest BCUT2D eigenvalue weighted by atomic mass is 10.1. The van der Waals surface area contributed by atoms with Gasteiger partial charge in [0.15, 0.2) is 0 Å². The number of amides is 1. The normalized spacial score (nSPS) is 10.1. The molecule has 5 nitrogen and oxygen atoms in total. The van der Waals surface area contributed by atoms with Crippen LogP contribution in [-0.2, 0) is 0 Å². The molecular formula is C16H13ClNO4-. The summed E-state index contributed by atoms with van der Waals surface area (Å²) in [4.78, 5) is 23.2. The molecule has 114 valence electrons. The van der Waals surface area contributed by atoms with Crippen molar-refractivity contribution in [2.24, 2.45) is 0 Å². The maximum absolute atomic E-state index is 12.2. The number of ether oxygens (including phenoxy) is 1. The zero-order valence-electron chi connectivity index (χ0n) is 11.8. The van der Waals surface area contributed by atoms with Crippen molar-refractivity contribution in [3.8, 4) is 5.75 Å². The highest BCUT2D eigenvalue weighted by atomic mass is 35.5. The topological polar surface area (TPSA) is 78.5 Å². The van der Waals surface area contributed by atoms with Gasteiger partial charge in [0.1, 0.15) is 5.75 Å². The van der Waals surface area contributed by atoms with E-state index in [-0.39, 0.29) is 11.3 Å². The van der Waals surface area contributed by atoms with E-state index < -0.39 is 11.9 Å². The Kier molecular flexibility index (Phi) is 5.01. The average Bonchev–Trinajstić information content (AvgIpc) is 2.48. The monoisotopic (exact) mass is 318 g/mol. The van der Waals surface area contributed by atoms with Gasteiger partial charge in [-0.3, -0.25) is 4.79 Å². The Morgan fingerprint density at radius 3 is 2.45 bits per heavy atom. The first-order valence-corrected chi connectivity index (χ1v) is 6.94. The molecule has 0 fully saturated rings. The minimum absolute atomic E-state index is 0.0892. The van der Waals surface area contributed by atoms with Crippen molar-refractivity contribution in [2.45, 2.75) is 6.92 Å². The van der Waals surface area contributed by atoms with Gasteiger partial charge in [-0.15, -0.1) is 0 Å². The molecule has 2 aromatic rings. The molecule has 0 unspecified atom stereocenters. The summed E-state index contributed by atoms with van der Waals surface area (Å²) in [6.07, 6.45) is 0. The van der Waals surface area contributed by atoms with Crippen LogP contribution in [0.15, 0.2) is 42.5 Å². The van der Waals surface area contributed by atoms with Crippen LogP contribution in [0.4, 0.5) is 5.69 Å². The zero-order chi connectivity index (χ0) is 16.1. The Bertz CT molecular complexity index is 698. The lowest BCUT2D eigenvalue weighted by Gasteiger charge is -2.12. The number of halogens is 1. The smallest absolute Gasteiger partial charge is 0.255 e. The van der Waals surface area contributed by atoms with Gasteiger partial charge in [0, 0.05) is 16.1 Å². The van der Waals surface area contributed by atoms with Crippen LogP contribution in [0, 0.1) is 0 Å². The first-order valence-electron chi connectivity index (χ1n) is 6.56. The fourth-order valence-corrected chi connectivity index (χ4v) is 2.03. The number of carbonyl (C=O) groups is 2. The van der Waals surface area contributed by atoms with Crippen molar-refractivity contribution in [3.05, 3.63) is 58.6 Å². The fourth-order valence-electron chi connectivity index (χ4n) is 1.86. The first-order chi connectivity index (χ1) is 10.5. The van der Waals surface area contributed by atoms with Gasteiger partial charge in [0.05, 0.1) is 18.3 Å². The molecule has 0 aromatic heterocycles. The van der Waals surface area contributed by atoms with Crippen molar-refractivity contribution >= 4 is 29.2 Å². The standard InChI is InChI=1S/C16H14ClNO4/c1-2-22-12-6-3-10(4-7-12)15(19)18-14-9-11(17)5-8-13(14)16(20)21/h3-9H,2H2,1H3,(H,18,19)(H,20,21)/p-1. The number of rotatable bonds is 5. The number of hydrogen-bond donors (Lipinski definition) is 1. The highest BCUT2D eigenvalue weighted by molar-refractivity contribution is 6.31. The Morgan fingerprint density at radius 1 is 1.18 bits per heavy atom. The summed E-state index contributed by atoms with van der Waals surface area (Å²) in [7, 11) is 0. The number of anilines is 1. The van der Waals surface area contributed by atoms with Gasteiger partial charge in [-0.2, -0.15) is 0 Å². The van der Waals surface area contributed by atoms with Gasteiger partial charge in [-0.25, -0.2) is 0 Å². The molecule has 22 heavy (non-hydrogen) atoms. The maximum atomic E-state index is 12.2. The molecule has 0 aliphatic heterocycles. The molecule has 0 aliphatic carbocycles. The Labute approximate surface area is 132 Å². The Morgan fingerprint density at radius 2 is 1.86 bits per heavy atom. The zero-order valence-corrected chi connectivity index (χ0v) is 12.5. The highest BCUT2D eigenvalue weighted by Crippen LogP contribution is 2.22. The van der Waals surface area contributed by atoms with Crippen LogP contribution in [0.3, 0.4) is 0 Å². The summed E-state index contributed by atoms with van der Waals surface area (Å²) < 4.78 is 5.29. The van der Waals surface area contributed by atoms with E-state index in [0.717, 1.165) is 0 Å². The Balaban J connectivity index is 2.21.